The smallest absolute Gasteiger partial charge is 0.163 e. The number of anilines is 4. The molecule has 1 aromatic heterocycles. The van der Waals surface area contributed by atoms with Crippen LogP contribution in [0.4, 0.5) is 23.0 Å². The summed E-state index contributed by atoms with van der Waals surface area (Å²) < 4.78 is 11.3. The summed E-state index contributed by atoms with van der Waals surface area (Å²) >= 11 is 0. The first-order valence-electron chi connectivity index (χ1n) is 9.57. The van der Waals surface area contributed by atoms with Crippen LogP contribution in [0.5, 0.6) is 11.5 Å². The first kappa shape index (κ1) is 16.9. The number of benzene rings is 2. The second-order valence-electron chi connectivity index (χ2n) is 7.19. The average Bonchev–Trinajstić information content (AvgIpc) is 3.03. The number of fused-ring (bicyclic) bond motifs is 2. The first-order chi connectivity index (χ1) is 13.7. The lowest BCUT2D eigenvalue weighted by Crippen LogP contribution is -2.25. The third-order valence-corrected chi connectivity index (χ3v) is 5.09. The zero-order valence-electron chi connectivity index (χ0n) is 16.0. The van der Waals surface area contributed by atoms with Gasteiger partial charge in [0.1, 0.15) is 30.7 Å². The highest BCUT2D eigenvalue weighted by Crippen LogP contribution is 2.38. The van der Waals surface area contributed by atoms with Crippen molar-refractivity contribution < 1.29 is 9.47 Å². The van der Waals surface area contributed by atoms with Gasteiger partial charge in [0.15, 0.2) is 11.5 Å². The maximum Gasteiger partial charge on any atom is 0.163 e. The molecule has 28 heavy (non-hydrogen) atoms. The van der Waals surface area contributed by atoms with E-state index < -0.39 is 0 Å². The molecule has 0 aliphatic carbocycles. The van der Waals surface area contributed by atoms with E-state index in [2.05, 4.69) is 46.4 Å². The number of nitrogens with one attached hydrogen (secondary N) is 1. The van der Waals surface area contributed by atoms with Crippen molar-refractivity contribution in [1.82, 2.24) is 9.97 Å². The van der Waals surface area contributed by atoms with Gasteiger partial charge in [0.2, 0.25) is 0 Å². The summed E-state index contributed by atoms with van der Waals surface area (Å²) in [5.41, 5.74) is 3.48. The van der Waals surface area contributed by atoms with Crippen LogP contribution in [0.2, 0.25) is 0 Å². The fourth-order valence-corrected chi connectivity index (χ4v) is 3.92. The number of ether oxygens (including phenoxy) is 2. The lowest BCUT2D eigenvalue weighted by Gasteiger charge is -2.24. The van der Waals surface area contributed by atoms with Gasteiger partial charge in [-0.2, -0.15) is 0 Å². The third kappa shape index (κ3) is 3.01. The van der Waals surface area contributed by atoms with Crippen LogP contribution in [0.15, 0.2) is 48.5 Å². The van der Waals surface area contributed by atoms with Gasteiger partial charge in [-0.15, -0.1) is 0 Å². The fourth-order valence-electron chi connectivity index (χ4n) is 3.92. The molecule has 2 aliphatic rings. The third-order valence-electron chi connectivity index (χ3n) is 5.09. The van der Waals surface area contributed by atoms with E-state index in [-0.39, 0.29) is 0 Å². The molecule has 142 valence electrons. The van der Waals surface area contributed by atoms with Gasteiger partial charge in [-0.1, -0.05) is 18.2 Å². The molecule has 0 spiro atoms. The Morgan fingerprint density at radius 1 is 1.00 bits per heavy atom. The Balaban J connectivity index is 1.47. The molecule has 2 aromatic carbocycles. The summed E-state index contributed by atoms with van der Waals surface area (Å²) in [5.74, 6) is 3.93. The van der Waals surface area contributed by atoms with E-state index in [4.69, 9.17) is 14.5 Å². The molecule has 0 radical (unpaired) electrons. The standard InChI is InChI=1S/C22H22N4O2/c1-14-11-16-5-3-4-6-18(16)26(14)22-13-21(23-15(2)24-22)25-17-7-8-19-20(12-17)28-10-9-27-19/h3-8,12-14H,9-11H2,1-2H3,(H,23,24,25). The lowest BCUT2D eigenvalue weighted by molar-refractivity contribution is 0.171. The molecule has 0 amide bonds. The Hall–Kier alpha value is -3.28. The van der Waals surface area contributed by atoms with Gasteiger partial charge in [-0.05, 0) is 44.0 Å². The quantitative estimate of drug-likeness (QED) is 0.734. The second kappa shape index (κ2) is 6.71. The first-order valence-corrected chi connectivity index (χ1v) is 9.57. The molecular weight excluding hydrogens is 352 g/mol. The molecule has 6 heteroatoms. The van der Waals surface area contributed by atoms with Crippen LogP contribution in [0.3, 0.4) is 0 Å². The number of aromatic nitrogens is 2. The van der Waals surface area contributed by atoms with Gasteiger partial charge in [-0.25, -0.2) is 9.97 Å². The molecule has 3 heterocycles. The Morgan fingerprint density at radius 3 is 2.71 bits per heavy atom. The number of hydrogen-bond donors (Lipinski definition) is 1. The molecule has 2 aliphatic heterocycles. The van der Waals surface area contributed by atoms with Crippen molar-refractivity contribution in [1.29, 1.82) is 0 Å². The minimum Gasteiger partial charge on any atom is -0.486 e. The number of para-hydroxylation sites is 1. The van der Waals surface area contributed by atoms with Crippen LogP contribution in [-0.4, -0.2) is 29.2 Å². The summed E-state index contributed by atoms with van der Waals surface area (Å²) in [4.78, 5) is 11.6. The predicted molar refractivity (Wildman–Crippen MR) is 109 cm³/mol. The molecule has 1 N–H and O–H groups in total. The molecule has 3 aromatic rings. The maximum atomic E-state index is 5.68. The number of hydrogen-bond acceptors (Lipinski definition) is 6. The number of aryl methyl sites for hydroxylation is 1. The SMILES string of the molecule is Cc1nc(Nc2ccc3c(c2)OCCO3)cc(N2c3ccccc3CC2C)n1. The fraction of sp³-hybridized carbons (Fsp3) is 0.273. The number of nitrogens with zero attached hydrogens (tertiary/aromatic N) is 3. The highest BCUT2D eigenvalue weighted by atomic mass is 16.6. The van der Waals surface area contributed by atoms with Gasteiger partial charge in [0, 0.05) is 29.5 Å². The molecule has 0 bridgehead atoms. The molecule has 0 saturated heterocycles. The van der Waals surface area contributed by atoms with Crippen LogP contribution in [0.25, 0.3) is 0 Å². The van der Waals surface area contributed by atoms with Gasteiger partial charge >= 0.3 is 0 Å². The van der Waals surface area contributed by atoms with Gasteiger partial charge < -0.3 is 19.7 Å². The normalized spacial score (nSPS) is 17.4. The second-order valence-corrected chi connectivity index (χ2v) is 7.19. The monoisotopic (exact) mass is 374 g/mol. The summed E-state index contributed by atoms with van der Waals surface area (Å²) in [6.07, 6.45) is 1.02. The van der Waals surface area contributed by atoms with Crippen molar-refractivity contribution in [3.05, 3.63) is 59.9 Å². The summed E-state index contributed by atoms with van der Waals surface area (Å²) in [6, 6.07) is 16.7. The zero-order valence-corrected chi connectivity index (χ0v) is 16.0. The summed E-state index contributed by atoms with van der Waals surface area (Å²) in [5, 5.41) is 3.38. The van der Waals surface area contributed by atoms with E-state index in [0.29, 0.717) is 19.3 Å². The highest BCUT2D eigenvalue weighted by Gasteiger charge is 2.28. The van der Waals surface area contributed by atoms with Crippen molar-refractivity contribution >= 4 is 23.0 Å². The van der Waals surface area contributed by atoms with E-state index in [1.165, 1.54) is 11.3 Å². The zero-order chi connectivity index (χ0) is 19.1. The summed E-state index contributed by atoms with van der Waals surface area (Å²) in [7, 11) is 0. The molecule has 1 unspecified atom stereocenters. The van der Waals surface area contributed by atoms with Gasteiger partial charge in [0.05, 0.1) is 0 Å². The molecule has 0 saturated carbocycles. The van der Waals surface area contributed by atoms with Crippen LogP contribution in [-0.2, 0) is 6.42 Å². The minimum absolute atomic E-state index is 0.355. The molecule has 6 nitrogen and oxygen atoms in total. The van der Waals surface area contributed by atoms with Crippen molar-refractivity contribution in [3.8, 4) is 11.5 Å². The Bertz CT molecular complexity index is 1040. The predicted octanol–water partition coefficient (Wildman–Crippen LogP) is 4.38. The minimum atomic E-state index is 0.355. The van der Waals surface area contributed by atoms with E-state index in [1.54, 1.807) is 0 Å². The van der Waals surface area contributed by atoms with E-state index in [1.807, 2.05) is 31.2 Å². The van der Waals surface area contributed by atoms with Gasteiger partial charge in [0.25, 0.3) is 0 Å². The van der Waals surface area contributed by atoms with Crippen LogP contribution >= 0.6 is 0 Å². The maximum absolute atomic E-state index is 5.68. The van der Waals surface area contributed by atoms with E-state index in [0.717, 1.165) is 41.1 Å². The van der Waals surface area contributed by atoms with E-state index in [9.17, 15) is 0 Å². The van der Waals surface area contributed by atoms with Crippen molar-refractivity contribution in [2.75, 3.05) is 23.4 Å². The Kier molecular flexibility index (Phi) is 4.04. The average molecular weight is 374 g/mol. The summed E-state index contributed by atoms with van der Waals surface area (Å²) in [6.45, 7) is 5.31. The molecule has 0 fully saturated rings. The number of rotatable bonds is 3. The van der Waals surface area contributed by atoms with Gasteiger partial charge in [-0.3, -0.25) is 0 Å². The molecular formula is C22H22N4O2. The van der Waals surface area contributed by atoms with Crippen molar-refractivity contribution in [2.24, 2.45) is 0 Å². The Labute approximate surface area is 164 Å². The van der Waals surface area contributed by atoms with Crippen molar-refractivity contribution in [2.45, 2.75) is 26.3 Å². The van der Waals surface area contributed by atoms with Crippen molar-refractivity contribution in [3.63, 3.8) is 0 Å². The molecule has 5 rings (SSSR count). The topological polar surface area (TPSA) is 59.5 Å². The van der Waals surface area contributed by atoms with Crippen LogP contribution in [0.1, 0.15) is 18.3 Å². The lowest BCUT2D eigenvalue weighted by atomic mass is 10.1. The van der Waals surface area contributed by atoms with E-state index >= 15 is 0 Å². The Morgan fingerprint density at radius 2 is 1.82 bits per heavy atom. The largest absolute Gasteiger partial charge is 0.486 e. The van der Waals surface area contributed by atoms with Crippen LogP contribution < -0.4 is 19.7 Å². The van der Waals surface area contributed by atoms with Crippen LogP contribution in [0, 0.1) is 6.92 Å². The molecule has 1 atom stereocenters. The highest BCUT2D eigenvalue weighted by molar-refractivity contribution is 5.71.